The summed E-state index contributed by atoms with van der Waals surface area (Å²) in [5.41, 5.74) is 2.63. The van der Waals surface area contributed by atoms with E-state index in [0.29, 0.717) is 5.92 Å². The Morgan fingerprint density at radius 2 is 2.23 bits per heavy atom. The van der Waals surface area contributed by atoms with Gasteiger partial charge in [-0.2, -0.15) is 5.10 Å². The van der Waals surface area contributed by atoms with Gasteiger partial charge in [-0.3, -0.25) is 4.68 Å². The van der Waals surface area contributed by atoms with Gasteiger partial charge in [0.05, 0.1) is 5.69 Å². The van der Waals surface area contributed by atoms with Crippen molar-refractivity contribution in [2.75, 3.05) is 20.1 Å². The van der Waals surface area contributed by atoms with Gasteiger partial charge in [0, 0.05) is 25.7 Å². The predicted molar refractivity (Wildman–Crippen MR) is 52.8 cm³/mol. The molecule has 0 radical (unpaired) electrons. The third-order valence-corrected chi connectivity index (χ3v) is 2.88. The Kier molecular flexibility index (Phi) is 2.12. The molecule has 1 unspecified atom stereocenters. The van der Waals surface area contributed by atoms with Crippen LogP contribution in [0, 0.1) is 6.92 Å². The molecule has 0 saturated carbocycles. The SMILES string of the molecule is Cc1nn(C)cc1C1CCN(C)C1. The fraction of sp³-hybridized carbons (Fsp3) is 0.700. The molecular formula is C10H17N3. The van der Waals surface area contributed by atoms with Crippen molar-refractivity contribution in [3.8, 4) is 0 Å². The number of aryl methyl sites for hydroxylation is 2. The maximum Gasteiger partial charge on any atom is 0.0628 e. The number of hydrogen-bond donors (Lipinski definition) is 0. The third-order valence-electron chi connectivity index (χ3n) is 2.88. The molecule has 1 aliphatic heterocycles. The van der Waals surface area contributed by atoms with Crippen LogP contribution in [-0.4, -0.2) is 34.8 Å². The van der Waals surface area contributed by atoms with Gasteiger partial charge in [-0.05, 0) is 32.5 Å². The van der Waals surface area contributed by atoms with Gasteiger partial charge in [0.25, 0.3) is 0 Å². The van der Waals surface area contributed by atoms with E-state index in [0.717, 1.165) is 0 Å². The van der Waals surface area contributed by atoms with E-state index in [2.05, 4.69) is 30.2 Å². The Balaban J connectivity index is 2.20. The highest BCUT2D eigenvalue weighted by atomic mass is 15.3. The maximum atomic E-state index is 4.38. The summed E-state index contributed by atoms with van der Waals surface area (Å²) in [6.07, 6.45) is 3.45. The first-order chi connectivity index (χ1) is 6.16. The van der Waals surface area contributed by atoms with Crippen LogP contribution in [0.25, 0.3) is 0 Å². The number of hydrogen-bond acceptors (Lipinski definition) is 2. The highest BCUT2D eigenvalue weighted by Gasteiger charge is 2.23. The summed E-state index contributed by atoms with van der Waals surface area (Å²) < 4.78 is 1.92. The fourth-order valence-electron chi connectivity index (χ4n) is 2.21. The van der Waals surface area contributed by atoms with Crippen LogP contribution in [0.5, 0.6) is 0 Å². The highest BCUT2D eigenvalue weighted by molar-refractivity contribution is 5.22. The molecule has 1 atom stereocenters. The zero-order chi connectivity index (χ0) is 9.42. The molecule has 0 bridgehead atoms. The molecule has 1 saturated heterocycles. The summed E-state index contributed by atoms with van der Waals surface area (Å²) in [4.78, 5) is 2.39. The smallest absolute Gasteiger partial charge is 0.0628 e. The molecule has 0 N–H and O–H groups in total. The minimum atomic E-state index is 0.707. The minimum absolute atomic E-state index is 0.707. The van der Waals surface area contributed by atoms with E-state index in [1.54, 1.807) is 0 Å². The van der Waals surface area contributed by atoms with E-state index < -0.39 is 0 Å². The van der Waals surface area contributed by atoms with Gasteiger partial charge in [0.1, 0.15) is 0 Å². The Morgan fingerprint density at radius 1 is 1.46 bits per heavy atom. The molecule has 0 aromatic carbocycles. The van der Waals surface area contributed by atoms with Gasteiger partial charge in [0.2, 0.25) is 0 Å². The summed E-state index contributed by atoms with van der Waals surface area (Å²) in [5.74, 6) is 0.707. The molecule has 3 heteroatoms. The van der Waals surface area contributed by atoms with Crippen molar-refractivity contribution in [3.63, 3.8) is 0 Å². The van der Waals surface area contributed by atoms with Crippen LogP contribution in [0.4, 0.5) is 0 Å². The summed E-state index contributed by atoms with van der Waals surface area (Å²) in [6, 6.07) is 0. The number of nitrogens with zero attached hydrogens (tertiary/aromatic N) is 3. The molecule has 0 aliphatic carbocycles. The molecule has 1 aromatic rings. The van der Waals surface area contributed by atoms with E-state index in [1.165, 1.54) is 30.8 Å². The molecule has 1 fully saturated rings. The van der Waals surface area contributed by atoms with Crippen molar-refractivity contribution in [3.05, 3.63) is 17.5 Å². The highest BCUT2D eigenvalue weighted by Crippen LogP contribution is 2.27. The molecule has 1 aromatic heterocycles. The Bertz CT molecular complexity index is 303. The average molecular weight is 179 g/mol. The predicted octanol–water partition coefficient (Wildman–Crippen LogP) is 1.15. The van der Waals surface area contributed by atoms with Gasteiger partial charge in [-0.1, -0.05) is 0 Å². The second-order valence-corrected chi connectivity index (χ2v) is 4.09. The van der Waals surface area contributed by atoms with Crippen LogP contribution < -0.4 is 0 Å². The van der Waals surface area contributed by atoms with Gasteiger partial charge in [-0.25, -0.2) is 0 Å². The van der Waals surface area contributed by atoms with Gasteiger partial charge in [-0.15, -0.1) is 0 Å². The van der Waals surface area contributed by atoms with Crippen molar-refractivity contribution < 1.29 is 0 Å². The van der Waals surface area contributed by atoms with E-state index in [-0.39, 0.29) is 0 Å². The van der Waals surface area contributed by atoms with Crippen LogP contribution in [0.1, 0.15) is 23.6 Å². The standard InChI is InChI=1S/C10H17N3/c1-8-10(7-13(3)11-8)9-4-5-12(2)6-9/h7,9H,4-6H2,1-3H3. The molecular weight excluding hydrogens is 162 g/mol. The third kappa shape index (κ3) is 1.61. The summed E-state index contributed by atoms with van der Waals surface area (Å²) in [6.45, 7) is 4.51. The topological polar surface area (TPSA) is 21.1 Å². The molecule has 1 aliphatic rings. The lowest BCUT2D eigenvalue weighted by atomic mass is 10.00. The molecule has 2 heterocycles. The number of likely N-dealkylation sites (tertiary alicyclic amines) is 1. The second kappa shape index (κ2) is 3.14. The average Bonchev–Trinajstić information content (AvgIpc) is 2.58. The zero-order valence-corrected chi connectivity index (χ0v) is 8.62. The zero-order valence-electron chi connectivity index (χ0n) is 8.62. The normalized spacial score (nSPS) is 24.1. The minimum Gasteiger partial charge on any atom is -0.306 e. The molecule has 0 amide bonds. The van der Waals surface area contributed by atoms with Crippen LogP contribution in [0.3, 0.4) is 0 Å². The van der Waals surface area contributed by atoms with Crippen molar-refractivity contribution >= 4 is 0 Å². The Morgan fingerprint density at radius 3 is 2.69 bits per heavy atom. The van der Waals surface area contributed by atoms with Gasteiger partial charge >= 0.3 is 0 Å². The molecule has 0 spiro atoms. The van der Waals surface area contributed by atoms with Crippen LogP contribution in [0.15, 0.2) is 6.20 Å². The lowest BCUT2D eigenvalue weighted by Gasteiger charge is -2.08. The first kappa shape index (κ1) is 8.75. The Hall–Kier alpha value is -0.830. The maximum absolute atomic E-state index is 4.38. The number of likely N-dealkylation sites (N-methyl/N-ethyl adjacent to an activating group) is 1. The molecule has 72 valence electrons. The monoisotopic (exact) mass is 179 g/mol. The quantitative estimate of drug-likeness (QED) is 0.645. The molecule has 2 rings (SSSR count). The number of aromatic nitrogens is 2. The first-order valence-electron chi connectivity index (χ1n) is 4.85. The molecule has 13 heavy (non-hydrogen) atoms. The lowest BCUT2D eigenvalue weighted by Crippen LogP contribution is -2.13. The van der Waals surface area contributed by atoms with Crippen LogP contribution >= 0.6 is 0 Å². The first-order valence-corrected chi connectivity index (χ1v) is 4.85. The number of rotatable bonds is 1. The van der Waals surface area contributed by atoms with Crippen LogP contribution in [-0.2, 0) is 7.05 Å². The molecule has 3 nitrogen and oxygen atoms in total. The van der Waals surface area contributed by atoms with Crippen molar-refractivity contribution in [1.29, 1.82) is 0 Å². The van der Waals surface area contributed by atoms with E-state index in [4.69, 9.17) is 0 Å². The largest absolute Gasteiger partial charge is 0.306 e. The summed E-state index contributed by atoms with van der Waals surface area (Å²) in [7, 11) is 4.18. The van der Waals surface area contributed by atoms with Crippen molar-refractivity contribution in [2.45, 2.75) is 19.3 Å². The van der Waals surface area contributed by atoms with Crippen molar-refractivity contribution in [2.24, 2.45) is 7.05 Å². The van der Waals surface area contributed by atoms with Crippen molar-refractivity contribution in [1.82, 2.24) is 14.7 Å². The lowest BCUT2D eigenvalue weighted by molar-refractivity contribution is 0.411. The van der Waals surface area contributed by atoms with Gasteiger partial charge in [0.15, 0.2) is 0 Å². The second-order valence-electron chi connectivity index (χ2n) is 4.09. The fourth-order valence-corrected chi connectivity index (χ4v) is 2.21. The van der Waals surface area contributed by atoms with E-state index in [9.17, 15) is 0 Å². The van der Waals surface area contributed by atoms with Gasteiger partial charge < -0.3 is 4.90 Å². The summed E-state index contributed by atoms with van der Waals surface area (Å²) in [5, 5.41) is 4.38. The van der Waals surface area contributed by atoms with Crippen LogP contribution in [0.2, 0.25) is 0 Å². The van der Waals surface area contributed by atoms with E-state index >= 15 is 0 Å². The Labute approximate surface area is 79.3 Å². The summed E-state index contributed by atoms with van der Waals surface area (Å²) >= 11 is 0. The van der Waals surface area contributed by atoms with E-state index in [1.807, 2.05) is 11.7 Å².